The zero-order valence-corrected chi connectivity index (χ0v) is 17.9. The third-order valence-electron chi connectivity index (χ3n) is 4.65. The molecule has 0 aromatic heterocycles. The van der Waals surface area contributed by atoms with Crippen molar-refractivity contribution < 1.29 is 4.92 Å². The van der Waals surface area contributed by atoms with Crippen molar-refractivity contribution in [2.24, 2.45) is 9.98 Å². The summed E-state index contributed by atoms with van der Waals surface area (Å²) in [7, 11) is 0. The molecule has 3 rings (SSSR count). The first kappa shape index (κ1) is 20.4. The van der Waals surface area contributed by atoms with E-state index in [1.807, 2.05) is 32.9 Å². The SMILES string of the molecule is Cc1ccc(N)c(C)c1N=C1SCCSC1=Nc1c(C)ccc([N+](=O)[O-])c1C. The molecule has 0 atom stereocenters. The van der Waals surface area contributed by atoms with E-state index in [0.29, 0.717) is 16.9 Å². The molecule has 28 heavy (non-hydrogen) atoms. The summed E-state index contributed by atoms with van der Waals surface area (Å²) in [6.07, 6.45) is 0. The standard InChI is InChI=1S/C20H22N4O2S2/c1-11-5-7-15(21)13(3)17(11)22-19-20(28-10-9-27-19)23-18-12(2)6-8-16(14(18)4)24(25)26/h5-8H,9-10,21H2,1-4H3. The highest BCUT2D eigenvalue weighted by Gasteiger charge is 2.21. The Kier molecular flexibility index (Phi) is 6.10. The van der Waals surface area contributed by atoms with Crippen molar-refractivity contribution in [3.8, 4) is 0 Å². The van der Waals surface area contributed by atoms with Crippen LogP contribution in [-0.4, -0.2) is 26.5 Å². The summed E-state index contributed by atoms with van der Waals surface area (Å²) >= 11 is 3.28. The summed E-state index contributed by atoms with van der Waals surface area (Å²) < 4.78 is 0. The normalized spacial score (nSPS) is 17.3. The molecule has 0 bridgehead atoms. The number of hydrogen-bond acceptors (Lipinski definition) is 7. The van der Waals surface area contributed by atoms with E-state index in [9.17, 15) is 10.1 Å². The van der Waals surface area contributed by atoms with Gasteiger partial charge in [-0.25, -0.2) is 9.98 Å². The first-order chi connectivity index (χ1) is 13.3. The van der Waals surface area contributed by atoms with Gasteiger partial charge >= 0.3 is 0 Å². The van der Waals surface area contributed by atoms with Gasteiger partial charge in [0.2, 0.25) is 0 Å². The Balaban J connectivity index is 2.13. The molecule has 1 aliphatic rings. The molecule has 1 aliphatic heterocycles. The van der Waals surface area contributed by atoms with Crippen LogP contribution >= 0.6 is 23.5 Å². The second-order valence-corrected chi connectivity index (χ2v) is 8.78. The molecule has 0 amide bonds. The van der Waals surface area contributed by atoms with Gasteiger partial charge in [0.1, 0.15) is 10.1 Å². The number of benzene rings is 2. The summed E-state index contributed by atoms with van der Waals surface area (Å²) in [5, 5.41) is 12.9. The predicted molar refractivity (Wildman–Crippen MR) is 122 cm³/mol. The van der Waals surface area contributed by atoms with Crippen LogP contribution in [0.1, 0.15) is 22.3 Å². The average Bonchev–Trinajstić information content (AvgIpc) is 2.66. The van der Waals surface area contributed by atoms with Crippen LogP contribution in [0.25, 0.3) is 0 Å². The van der Waals surface area contributed by atoms with Crippen molar-refractivity contribution in [2.45, 2.75) is 27.7 Å². The third kappa shape index (κ3) is 4.07. The van der Waals surface area contributed by atoms with Crippen molar-refractivity contribution in [2.75, 3.05) is 17.2 Å². The number of nitrogen functional groups attached to an aromatic ring is 1. The van der Waals surface area contributed by atoms with E-state index in [-0.39, 0.29) is 10.6 Å². The molecule has 0 radical (unpaired) electrons. The summed E-state index contributed by atoms with van der Waals surface area (Å²) in [5.74, 6) is 1.86. The first-order valence-electron chi connectivity index (χ1n) is 8.83. The van der Waals surface area contributed by atoms with E-state index in [1.54, 1.807) is 36.5 Å². The van der Waals surface area contributed by atoms with Crippen molar-refractivity contribution >= 4 is 56.4 Å². The number of nitrogens with two attached hydrogens (primary N) is 1. The van der Waals surface area contributed by atoms with E-state index in [2.05, 4.69) is 0 Å². The molecule has 2 N–H and O–H groups in total. The molecule has 146 valence electrons. The van der Waals surface area contributed by atoms with E-state index in [1.165, 1.54) is 6.07 Å². The maximum Gasteiger partial charge on any atom is 0.274 e. The Morgan fingerprint density at radius 3 is 1.93 bits per heavy atom. The summed E-state index contributed by atoms with van der Waals surface area (Å²) in [6.45, 7) is 7.64. The molecule has 2 aromatic rings. The fourth-order valence-corrected chi connectivity index (χ4v) is 5.04. The number of aryl methyl sites for hydroxylation is 2. The van der Waals surface area contributed by atoms with Crippen LogP contribution in [0.2, 0.25) is 0 Å². The Labute approximate surface area is 172 Å². The summed E-state index contributed by atoms with van der Waals surface area (Å²) in [4.78, 5) is 20.6. The number of aliphatic imine (C=N–C) groups is 2. The lowest BCUT2D eigenvalue weighted by molar-refractivity contribution is -0.385. The molecule has 0 unspecified atom stereocenters. The number of nitro benzene ring substituents is 1. The van der Waals surface area contributed by atoms with Crippen molar-refractivity contribution in [1.82, 2.24) is 0 Å². The number of thioether (sulfide) groups is 2. The smallest absolute Gasteiger partial charge is 0.274 e. The van der Waals surface area contributed by atoms with Crippen molar-refractivity contribution in [3.63, 3.8) is 0 Å². The maximum atomic E-state index is 11.3. The van der Waals surface area contributed by atoms with Gasteiger partial charge in [-0.05, 0) is 50.5 Å². The Bertz CT molecular complexity index is 1020. The van der Waals surface area contributed by atoms with Gasteiger partial charge in [0.05, 0.1) is 21.9 Å². The molecule has 6 nitrogen and oxygen atoms in total. The van der Waals surface area contributed by atoms with Crippen LogP contribution in [-0.2, 0) is 0 Å². The molecular formula is C20H22N4O2S2. The van der Waals surface area contributed by atoms with Crippen LogP contribution < -0.4 is 5.73 Å². The van der Waals surface area contributed by atoms with Gasteiger partial charge in [-0.3, -0.25) is 10.1 Å². The summed E-state index contributed by atoms with van der Waals surface area (Å²) in [6, 6.07) is 7.13. The van der Waals surface area contributed by atoms with Gasteiger partial charge < -0.3 is 5.73 Å². The van der Waals surface area contributed by atoms with Crippen LogP contribution in [0.3, 0.4) is 0 Å². The number of anilines is 1. The topological polar surface area (TPSA) is 93.9 Å². The van der Waals surface area contributed by atoms with Crippen LogP contribution in [0.4, 0.5) is 22.7 Å². The second kappa shape index (κ2) is 8.36. The molecular weight excluding hydrogens is 392 g/mol. The van der Waals surface area contributed by atoms with Crippen LogP contribution in [0.15, 0.2) is 34.3 Å². The average molecular weight is 415 g/mol. The number of nitrogens with zero attached hydrogens (tertiary/aromatic N) is 3. The van der Waals surface area contributed by atoms with E-state index in [0.717, 1.165) is 44.0 Å². The van der Waals surface area contributed by atoms with Gasteiger partial charge in [-0.1, -0.05) is 12.1 Å². The van der Waals surface area contributed by atoms with E-state index in [4.69, 9.17) is 15.7 Å². The molecule has 2 aromatic carbocycles. The van der Waals surface area contributed by atoms with Crippen molar-refractivity contribution in [3.05, 3.63) is 56.6 Å². The predicted octanol–water partition coefficient (Wildman–Crippen LogP) is 5.65. The Morgan fingerprint density at radius 1 is 0.893 bits per heavy atom. The minimum atomic E-state index is -0.365. The molecule has 0 aliphatic carbocycles. The Morgan fingerprint density at radius 2 is 1.39 bits per heavy atom. The highest BCUT2D eigenvalue weighted by Crippen LogP contribution is 2.36. The second-order valence-electron chi connectivity index (χ2n) is 6.61. The Hall–Kier alpha value is -2.32. The minimum Gasteiger partial charge on any atom is -0.398 e. The summed E-state index contributed by atoms with van der Waals surface area (Å²) in [5.41, 5.74) is 11.8. The lowest BCUT2D eigenvalue weighted by Crippen LogP contribution is -2.15. The fraction of sp³-hybridized carbons (Fsp3) is 0.300. The third-order valence-corrected chi connectivity index (χ3v) is 6.97. The lowest BCUT2D eigenvalue weighted by Gasteiger charge is -2.17. The van der Waals surface area contributed by atoms with Gasteiger partial charge in [0.15, 0.2) is 0 Å². The lowest BCUT2D eigenvalue weighted by atomic mass is 10.1. The van der Waals surface area contributed by atoms with Crippen LogP contribution in [0, 0.1) is 37.8 Å². The van der Waals surface area contributed by atoms with Gasteiger partial charge in [0.25, 0.3) is 5.69 Å². The fourth-order valence-electron chi connectivity index (χ4n) is 2.98. The molecule has 0 spiro atoms. The molecule has 0 saturated carbocycles. The maximum absolute atomic E-state index is 11.3. The number of hydrogen-bond donors (Lipinski definition) is 1. The van der Waals surface area contributed by atoms with Gasteiger partial charge in [0, 0.05) is 23.3 Å². The van der Waals surface area contributed by atoms with Crippen LogP contribution in [0.5, 0.6) is 0 Å². The molecule has 1 saturated heterocycles. The number of rotatable bonds is 3. The zero-order chi connectivity index (χ0) is 20.4. The zero-order valence-electron chi connectivity index (χ0n) is 16.3. The largest absolute Gasteiger partial charge is 0.398 e. The highest BCUT2D eigenvalue weighted by atomic mass is 32.2. The molecule has 1 fully saturated rings. The van der Waals surface area contributed by atoms with Gasteiger partial charge in [-0.15, -0.1) is 23.5 Å². The molecule has 8 heteroatoms. The van der Waals surface area contributed by atoms with Gasteiger partial charge in [-0.2, -0.15) is 0 Å². The van der Waals surface area contributed by atoms with Crippen molar-refractivity contribution in [1.29, 1.82) is 0 Å². The quantitative estimate of drug-likeness (QED) is 0.398. The minimum absolute atomic E-state index is 0.0828. The highest BCUT2D eigenvalue weighted by molar-refractivity contribution is 8.27. The van der Waals surface area contributed by atoms with E-state index < -0.39 is 0 Å². The number of nitro groups is 1. The molecule has 1 heterocycles. The monoisotopic (exact) mass is 414 g/mol. The first-order valence-corrected chi connectivity index (χ1v) is 10.8. The van der Waals surface area contributed by atoms with E-state index >= 15 is 0 Å².